The molecular formula is C33H31F4N5O2. The summed E-state index contributed by atoms with van der Waals surface area (Å²) in [5.74, 6) is 0.920. The van der Waals surface area contributed by atoms with E-state index in [2.05, 4.69) is 25.8 Å². The van der Waals surface area contributed by atoms with Gasteiger partial charge in [0.15, 0.2) is 5.82 Å². The molecule has 228 valence electrons. The minimum Gasteiger partial charge on any atom is -0.508 e. The molecule has 0 radical (unpaired) electrons. The third-order valence-corrected chi connectivity index (χ3v) is 9.24. The number of anilines is 1. The largest absolute Gasteiger partial charge is 0.508 e. The van der Waals surface area contributed by atoms with Crippen LogP contribution >= 0.6 is 0 Å². The van der Waals surface area contributed by atoms with Gasteiger partial charge in [0.25, 0.3) is 0 Å². The fourth-order valence-electron chi connectivity index (χ4n) is 7.20. The van der Waals surface area contributed by atoms with Crippen molar-refractivity contribution in [3.05, 3.63) is 47.7 Å². The zero-order chi connectivity index (χ0) is 30.6. The molecule has 2 aromatic heterocycles. The fraction of sp³-hybridized carbons (Fsp3) is 0.424. The van der Waals surface area contributed by atoms with E-state index in [4.69, 9.17) is 11.2 Å². The van der Waals surface area contributed by atoms with Crippen LogP contribution in [-0.2, 0) is 0 Å². The molecule has 3 atom stereocenters. The van der Waals surface area contributed by atoms with Crippen LogP contribution in [0.3, 0.4) is 0 Å². The van der Waals surface area contributed by atoms with Crippen molar-refractivity contribution in [3.63, 3.8) is 0 Å². The Labute approximate surface area is 251 Å². The molecule has 0 bridgehead atoms. The molecule has 4 aromatic rings. The van der Waals surface area contributed by atoms with Crippen LogP contribution in [-0.4, -0.2) is 75.6 Å². The molecule has 5 heterocycles. The molecule has 3 aliphatic heterocycles. The quantitative estimate of drug-likeness (QED) is 0.218. The van der Waals surface area contributed by atoms with Crippen molar-refractivity contribution < 1.29 is 27.4 Å². The Kier molecular flexibility index (Phi) is 7.20. The Bertz CT molecular complexity index is 1810. The van der Waals surface area contributed by atoms with Crippen molar-refractivity contribution in [1.82, 2.24) is 19.9 Å². The van der Waals surface area contributed by atoms with Gasteiger partial charge in [0.1, 0.15) is 47.5 Å². The number of ether oxygens (including phenoxy) is 1. The highest BCUT2D eigenvalue weighted by Gasteiger charge is 2.49. The molecule has 3 aliphatic rings. The molecule has 1 N–H and O–H groups in total. The van der Waals surface area contributed by atoms with E-state index in [9.17, 15) is 18.3 Å². The van der Waals surface area contributed by atoms with Gasteiger partial charge >= 0.3 is 6.01 Å². The van der Waals surface area contributed by atoms with E-state index in [1.165, 1.54) is 30.5 Å². The highest BCUT2D eigenvalue weighted by atomic mass is 19.1. The fourth-order valence-corrected chi connectivity index (χ4v) is 7.20. The van der Waals surface area contributed by atoms with Gasteiger partial charge in [-0.2, -0.15) is 9.97 Å². The standard InChI is InChI=1S/C33H31F4N5O2/c1-2-23-26(36)8-7-19-12-22(43)13-24(27(19)23)29-28(37)30-25(15-38-29)31(41-10-4-3-6-20(34)16-41)40-32(39-30)44-18-33-9-5-11-42(33)17-21(35)14-33/h1,7-8,12-13,15,20-21,43H,3-6,9-11,14,16-18H2/t20-,21+,33-/m0/s1. The summed E-state index contributed by atoms with van der Waals surface area (Å²) in [6.07, 6.45) is 8.88. The Hall–Kier alpha value is -4.17. The molecule has 0 unspecified atom stereocenters. The second-order valence-corrected chi connectivity index (χ2v) is 12.1. The average Bonchev–Trinajstić information content (AvgIpc) is 3.43. The predicted octanol–water partition coefficient (Wildman–Crippen LogP) is 6.09. The number of rotatable bonds is 5. The predicted molar refractivity (Wildman–Crippen MR) is 159 cm³/mol. The lowest BCUT2D eigenvalue weighted by Gasteiger charge is -2.31. The maximum atomic E-state index is 16.7. The summed E-state index contributed by atoms with van der Waals surface area (Å²) in [5.41, 5.74) is -0.809. The number of phenols is 1. The number of phenolic OH excluding ortho intramolecular Hbond substituents is 1. The topological polar surface area (TPSA) is 74.6 Å². The smallest absolute Gasteiger partial charge is 0.319 e. The zero-order valence-electron chi connectivity index (χ0n) is 24.0. The van der Waals surface area contributed by atoms with Crippen LogP contribution in [0.25, 0.3) is 32.9 Å². The van der Waals surface area contributed by atoms with E-state index in [-0.39, 0.29) is 58.0 Å². The van der Waals surface area contributed by atoms with Gasteiger partial charge in [0, 0.05) is 36.7 Å². The van der Waals surface area contributed by atoms with Crippen LogP contribution in [0.5, 0.6) is 11.8 Å². The second-order valence-electron chi connectivity index (χ2n) is 12.1. The third kappa shape index (κ3) is 4.85. The zero-order valence-corrected chi connectivity index (χ0v) is 24.0. The summed E-state index contributed by atoms with van der Waals surface area (Å²) in [6.45, 7) is 1.82. The Morgan fingerprint density at radius 2 is 1.93 bits per heavy atom. The van der Waals surface area contributed by atoms with Crippen LogP contribution < -0.4 is 9.64 Å². The molecule has 0 saturated carbocycles. The first-order valence-corrected chi connectivity index (χ1v) is 15.0. The Morgan fingerprint density at radius 1 is 1.07 bits per heavy atom. The molecule has 0 amide bonds. The summed E-state index contributed by atoms with van der Waals surface area (Å²) in [5, 5.41) is 11.4. The first-order valence-electron chi connectivity index (χ1n) is 15.0. The van der Waals surface area contributed by atoms with Crippen molar-refractivity contribution in [2.45, 2.75) is 56.4 Å². The van der Waals surface area contributed by atoms with Gasteiger partial charge in [-0.15, -0.1) is 6.42 Å². The summed E-state index contributed by atoms with van der Waals surface area (Å²) in [6, 6.07) is 5.22. The highest BCUT2D eigenvalue weighted by Crippen LogP contribution is 2.42. The maximum absolute atomic E-state index is 16.7. The summed E-state index contributed by atoms with van der Waals surface area (Å²) in [7, 11) is 0. The van der Waals surface area contributed by atoms with Gasteiger partial charge in [-0.1, -0.05) is 12.0 Å². The van der Waals surface area contributed by atoms with E-state index in [1.807, 2.05) is 0 Å². The van der Waals surface area contributed by atoms with E-state index in [0.29, 0.717) is 43.6 Å². The number of fused-ring (bicyclic) bond motifs is 3. The number of aromatic hydroxyl groups is 1. The molecule has 0 spiro atoms. The number of pyridine rings is 1. The van der Waals surface area contributed by atoms with E-state index < -0.39 is 29.5 Å². The van der Waals surface area contributed by atoms with Crippen LogP contribution in [0.15, 0.2) is 30.5 Å². The minimum atomic E-state index is -1.09. The third-order valence-electron chi connectivity index (χ3n) is 9.24. The number of benzene rings is 2. The minimum absolute atomic E-state index is 0.0676. The monoisotopic (exact) mass is 605 g/mol. The number of halogens is 4. The number of terminal acetylenes is 1. The van der Waals surface area contributed by atoms with E-state index >= 15 is 4.39 Å². The van der Waals surface area contributed by atoms with Gasteiger partial charge in [0.2, 0.25) is 0 Å². The highest BCUT2D eigenvalue weighted by molar-refractivity contribution is 6.03. The van der Waals surface area contributed by atoms with Gasteiger partial charge in [0.05, 0.1) is 23.0 Å². The molecule has 7 nitrogen and oxygen atoms in total. The van der Waals surface area contributed by atoms with Gasteiger partial charge < -0.3 is 14.7 Å². The summed E-state index contributed by atoms with van der Waals surface area (Å²) < 4.78 is 66.7. The maximum Gasteiger partial charge on any atom is 0.319 e. The number of hydrogen-bond acceptors (Lipinski definition) is 7. The Balaban J connectivity index is 1.38. The SMILES string of the molecule is C#Cc1c(F)ccc2cc(O)cc(-c3ncc4c(N5CCCC[C@H](F)C5)nc(OC[C@@]56CCCN5C[C@H](F)C6)nc4c3F)c12. The van der Waals surface area contributed by atoms with Crippen molar-refractivity contribution in [2.24, 2.45) is 0 Å². The number of hydrogen-bond donors (Lipinski definition) is 1. The summed E-state index contributed by atoms with van der Waals surface area (Å²) in [4.78, 5) is 17.3. The van der Waals surface area contributed by atoms with Gasteiger partial charge in [-0.05, 0) is 62.2 Å². The molecule has 11 heteroatoms. The van der Waals surface area contributed by atoms with Crippen LogP contribution in [0.2, 0.25) is 0 Å². The first kappa shape index (κ1) is 28.6. The number of aromatic nitrogens is 3. The van der Waals surface area contributed by atoms with Crippen molar-refractivity contribution in [2.75, 3.05) is 37.7 Å². The van der Waals surface area contributed by atoms with Crippen LogP contribution in [0.4, 0.5) is 23.4 Å². The molecule has 44 heavy (non-hydrogen) atoms. The molecule has 7 rings (SSSR count). The van der Waals surface area contributed by atoms with E-state index in [0.717, 1.165) is 25.8 Å². The second kappa shape index (κ2) is 11.1. The Morgan fingerprint density at radius 3 is 2.77 bits per heavy atom. The molecule has 2 aromatic carbocycles. The van der Waals surface area contributed by atoms with Crippen LogP contribution in [0, 0.1) is 24.0 Å². The summed E-state index contributed by atoms with van der Waals surface area (Å²) >= 11 is 0. The molecule has 0 aliphatic carbocycles. The van der Waals surface area contributed by atoms with Crippen molar-refractivity contribution in [3.8, 4) is 35.4 Å². The number of nitrogens with zero attached hydrogens (tertiary/aromatic N) is 5. The molecular weight excluding hydrogens is 574 g/mol. The van der Waals surface area contributed by atoms with Crippen molar-refractivity contribution in [1.29, 1.82) is 0 Å². The average molecular weight is 606 g/mol. The first-order chi connectivity index (χ1) is 21.3. The van der Waals surface area contributed by atoms with Gasteiger partial charge in [-0.3, -0.25) is 9.88 Å². The lowest BCUT2D eigenvalue weighted by molar-refractivity contribution is 0.107. The number of alkyl halides is 2. The van der Waals surface area contributed by atoms with E-state index in [1.54, 1.807) is 4.90 Å². The molecule has 3 fully saturated rings. The lowest BCUT2D eigenvalue weighted by atomic mass is 9.95. The van der Waals surface area contributed by atoms with Crippen LogP contribution in [0.1, 0.15) is 44.1 Å². The normalized spacial score (nSPS) is 24.0. The lowest BCUT2D eigenvalue weighted by Crippen LogP contribution is -2.43. The van der Waals surface area contributed by atoms with Crippen molar-refractivity contribution >= 4 is 27.5 Å². The molecule has 3 saturated heterocycles. The van der Waals surface area contributed by atoms with Gasteiger partial charge in [-0.25, -0.2) is 17.6 Å².